The van der Waals surface area contributed by atoms with Crippen molar-refractivity contribution in [3.05, 3.63) is 87.3 Å². The Labute approximate surface area is 148 Å². The van der Waals surface area contributed by atoms with E-state index in [9.17, 15) is 4.39 Å². The lowest BCUT2D eigenvalue weighted by Gasteiger charge is -2.22. The van der Waals surface area contributed by atoms with Gasteiger partial charge in [-0.25, -0.2) is 4.39 Å². The van der Waals surface area contributed by atoms with Crippen molar-refractivity contribution in [2.24, 2.45) is 5.10 Å². The molecule has 24 heavy (non-hydrogen) atoms. The number of rotatable bonds is 3. The molecule has 2 aromatic carbocycles. The van der Waals surface area contributed by atoms with Crippen LogP contribution < -0.4 is 5.01 Å². The van der Waals surface area contributed by atoms with Crippen LogP contribution in [0.3, 0.4) is 0 Å². The van der Waals surface area contributed by atoms with Gasteiger partial charge >= 0.3 is 0 Å². The Morgan fingerprint density at radius 1 is 1.08 bits per heavy atom. The molecule has 0 fully saturated rings. The summed E-state index contributed by atoms with van der Waals surface area (Å²) in [5, 5.41) is 9.58. The van der Waals surface area contributed by atoms with Crippen molar-refractivity contribution >= 4 is 34.3 Å². The lowest BCUT2D eigenvalue weighted by Crippen LogP contribution is -2.17. The Balaban J connectivity index is 1.75. The van der Waals surface area contributed by atoms with Crippen molar-refractivity contribution in [3.63, 3.8) is 0 Å². The molecule has 1 aliphatic rings. The largest absolute Gasteiger partial charge is 0.257 e. The van der Waals surface area contributed by atoms with E-state index in [2.05, 4.69) is 11.4 Å². The molecule has 120 valence electrons. The maximum absolute atomic E-state index is 13.2. The maximum atomic E-state index is 13.2. The number of halogens is 2. The highest BCUT2D eigenvalue weighted by molar-refractivity contribution is 7.10. The van der Waals surface area contributed by atoms with Crippen LogP contribution in [0.4, 0.5) is 10.1 Å². The van der Waals surface area contributed by atoms with Gasteiger partial charge in [0, 0.05) is 16.3 Å². The third-order valence-corrected chi connectivity index (χ3v) is 5.24. The van der Waals surface area contributed by atoms with Crippen molar-refractivity contribution in [2.45, 2.75) is 12.5 Å². The number of thiophene rings is 1. The lowest BCUT2D eigenvalue weighted by atomic mass is 10.0. The summed E-state index contributed by atoms with van der Waals surface area (Å²) in [4.78, 5) is 1.25. The molecule has 1 aliphatic heterocycles. The van der Waals surface area contributed by atoms with Gasteiger partial charge in [0.15, 0.2) is 0 Å². The first-order valence-corrected chi connectivity index (χ1v) is 8.88. The van der Waals surface area contributed by atoms with Gasteiger partial charge < -0.3 is 0 Å². The molecule has 1 unspecified atom stereocenters. The summed E-state index contributed by atoms with van der Waals surface area (Å²) in [6, 6.07) is 18.5. The number of hydrogen-bond donors (Lipinski definition) is 0. The molecule has 0 aliphatic carbocycles. The molecule has 0 amide bonds. The summed E-state index contributed by atoms with van der Waals surface area (Å²) < 4.78 is 13.2. The van der Waals surface area contributed by atoms with Gasteiger partial charge in [0.05, 0.1) is 17.4 Å². The Kier molecular flexibility index (Phi) is 4.08. The fourth-order valence-electron chi connectivity index (χ4n) is 2.89. The van der Waals surface area contributed by atoms with Gasteiger partial charge in [-0.15, -0.1) is 11.3 Å². The Morgan fingerprint density at radius 2 is 1.92 bits per heavy atom. The Morgan fingerprint density at radius 3 is 2.62 bits per heavy atom. The molecule has 0 N–H and O–H groups in total. The molecule has 2 heterocycles. The molecule has 0 bridgehead atoms. The van der Waals surface area contributed by atoms with E-state index in [1.807, 2.05) is 35.3 Å². The molecule has 4 rings (SSSR count). The SMILES string of the molecule is Fc1ccc(C2=NN(c3cccc(Cl)c3)C(c3cccs3)C2)cc1. The van der Waals surface area contributed by atoms with Gasteiger partial charge in [0.1, 0.15) is 5.82 Å². The van der Waals surface area contributed by atoms with Crippen LogP contribution in [-0.2, 0) is 0 Å². The van der Waals surface area contributed by atoms with E-state index in [-0.39, 0.29) is 11.9 Å². The standard InChI is InChI=1S/C19H14ClFN2S/c20-14-3-1-4-16(11-14)23-18(19-5-2-10-24-19)12-17(22-23)13-6-8-15(21)9-7-13/h1-11,18H,12H2. The highest BCUT2D eigenvalue weighted by Gasteiger charge is 2.30. The summed E-state index contributed by atoms with van der Waals surface area (Å²) in [7, 11) is 0. The summed E-state index contributed by atoms with van der Waals surface area (Å²) in [5.41, 5.74) is 2.86. The van der Waals surface area contributed by atoms with Gasteiger partial charge in [-0.05, 0) is 47.3 Å². The van der Waals surface area contributed by atoms with Gasteiger partial charge in [0.25, 0.3) is 0 Å². The van der Waals surface area contributed by atoms with Crippen molar-refractivity contribution in [1.29, 1.82) is 0 Å². The number of anilines is 1. The zero-order valence-corrected chi connectivity index (χ0v) is 14.3. The predicted molar refractivity (Wildman–Crippen MR) is 98.5 cm³/mol. The molecule has 5 heteroatoms. The minimum atomic E-state index is -0.237. The van der Waals surface area contributed by atoms with Crippen LogP contribution in [0.1, 0.15) is 22.9 Å². The van der Waals surface area contributed by atoms with Crippen LogP contribution in [0.15, 0.2) is 71.1 Å². The fourth-order valence-corrected chi connectivity index (χ4v) is 3.88. The molecule has 0 radical (unpaired) electrons. The lowest BCUT2D eigenvalue weighted by molar-refractivity contribution is 0.627. The molecule has 0 spiro atoms. The molecular weight excluding hydrogens is 343 g/mol. The highest BCUT2D eigenvalue weighted by Crippen LogP contribution is 2.39. The van der Waals surface area contributed by atoms with Gasteiger partial charge in [0.2, 0.25) is 0 Å². The summed E-state index contributed by atoms with van der Waals surface area (Å²) in [5.74, 6) is -0.237. The minimum absolute atomic E-state index is 0.128. The first kappa shape index (κ1) is 15.4. The quantitative estimate of drug-likeness (QED) is 0.570. The van der Waals surface area contributed by atoms with E-state index >= 15 is 0 Å². The van der Waals surface area contributed by atoms with Gasteiger partial charge in [-0.2, -0.15) is 5.10 Å². The van der Waals surface area contributed by atoms with Gasteiger partial charge in [-0.1, -0.05) is 35.9 Å². The second-order valence-electron chi connectivity index (χ2n) is 5.61. The van der Waals surface area contributed by atoms with Crippen LogP contribution in [-0.4, -0.2) is 5.71 Å². The van der Waals surface area contributed by atoms with E-state index < -0.39 is 0 Å². The number of hydrazone groups is 1. The van der Waals surface area contributed by atoms with Crippen molar-refractivity contribution in [1.82, 2.24) is 0 Å². The van der Waals surface area contributed by atoms with Gasteiger partial charge in [-0.3, -0.25) is 5.01 Å². The number of hydrogen-bond acceptors (Lipinski definition) is 3. The van der Waals surface area contributed by atoms with Crippen LogP contribution in [0, 0.1) is 5.82 Å². The summed E-state index contributed by atoms with van der Waals surface area (Å²) >= 11 is 7.87. The van der Waals surface area contributed by atoms with E-state index in [0.29, 0.717) is 5.02 Å². The molecule has 3 aromatic rings. The molecule has 2 nitrogen and oxygen atoms in total. The molecule has 1 aromatic heterocycles. The molecular formula is C19H14ClFN2S. The van der Waals surface area contributed by atoms with Crippen LogP contribution in [0.5, 0.6) is 0 Å². The van der Waals surface area contributed by atoms with E-state index in [4.69, 9.17) is 16.7 Å². The van der Waals surface area contributed by atoms with Crippen molar-refractivity contribution < 1.29 is 4.39 Å². The molecule has 0 saturated heterocycles. The smallest absolute Gasteiger partial charge is 0.123 e. The van der Waals surface area contributed by atoms with E-state index in [1.54, 1.807) is 23.5 Å². The first-order chi connectivity index (χ1) is 11.7. The van der Waals surface area contributed by atoms with E-state index in [1.165, 1.54) is 17.0 Å². The number of benzene rings is 2. The Bertz CT molecular complexity index is 875. The highest BCUT2D eigenvalue weighted by atomic mass is 35.5. The normalized spacial score (nSPS) is 17.2. The second kappa shape index (κ2) is 6.38. The number of nitrogens with zero attached hydrogens (tertiary/aromatic N) is 2. The zero-order chi connectivity index (χ0) is 16.5. The molecule has 1 atom stereocenters. The average molecular weight is 357 g/mol. The predicted octanol–water partition coefficient (Wildman–Crippen LogP) is 5.90. The van der Waals surface area contributed by atoms with E-state index in [0.717, 1.165) is 23.4 Å². The minimum Gasteiger partial charge on any atom is -0.257 e. The fraction of sp³-hybridized carbons (Fsp3) is 0.105. The summed E-state index contributed by atoms with van der Waals surface area (Å²) in [6.07, 6.45) is 0.776. The Hall–Kier alpha value is -2.17. The maximum Gasteiger partial charge on any atom is 0.123 e. The zero-order valence-electron chi connectivity index (χ0n) is 12.7. The van der Waals surface area contributed by atoms with Crippen molar-refractivity contribution in [3.8, 4) is 0 Å². The van der Waals surface area contributed by atoms with Crippen LogP contribution >= 0.6 is 22.9 Å². The third-order valence-electron chi connectivity index (χ3n) is 4.03. The van der Waals surface area contributed by atoms with Crippen LogP contribution in [0.2, 0.25) is 5.02 Å². The van der Waals surface area contributed by atoms with Crippen molar-refractivity contribution in [2.75, 3.05) is 5.01 Å². The molecule has 0 saturated carbocycles. The third kappa shape index (κ3) is 2.95. The average Bonchev–Trinajstić information content (AvgIpc) is 3.25. The first-order valence-electron chi connectivity index (χ1n) is 7.62. The monoisotopic (exact) mass is 356 g/mol. The summed E-state index contributed by atoms with van der Waals surface area (Å²) in [6.45, 7) is 0. The second-order valence-corrected chi connectivity index (χ2v) is 7.03. The topological polar surface area (TPSA) is 15.6 Å². The van der Waals surface area contributed by atoms with Crippen LogP contribution in [0.25, 0.3) is 0 Å².